The van der Waals surface area contributed by atoms with Crippen molar-refractivity contribution in [1.29, 1.82) is 0 Å². The molecule has 0 fully saturated rings. The number of hydrogen-bond donors (Lipinski definition) is 0. The molecule has 1 heterocycles. The van der Waals surface area contributed by atoms with Crippen LogP contribution in [0.3, 0.4) is 0 Å². The zero-order valence-corrected chi connectivity index (χ0v) is 13.3. The number of aromatic nitrogens is 2. The fourth-order valence-electron chi connectivity index (χ4n) is 1.98. The number of fused-ring (bicyclic) bond motifs is 1. The van der Waals surface area contributed by atoms with E-state index < -0.39 is 0 Å². The van der Waals surface area contributed by atoms with Gasteiger partial charge in [-0.05, 0) is 31.5 Å². The molecule has 0 saturated carbocycles. The lowest BCUT2D eigenvalue weighted by Gasteiger charge is -2.10. The number of esters is 1. The van der Waals surface area contributed by atoms with Crippen LogP contribution in [0.25, 0.3) is 11.0 Å². The normalized spacial score (nSPS) is 12.6. The van der Waals surface area contributed by atoms with Crippen molar-refractivity contribution in [2.45, 2.75) is 37.2 Å². The summed E-state index contributed by atoms with van der Waals surface area (Å²) in [6.07, 6.45) is 0.994. The van der Waals surface area contributed by atoms with E-state index in [1.54, 1.807) is 0 Å². The summed E-state index contributed by atoms with van der Waals surface area (Å²) in [5.74, 6) is -0.247. The number of methoxy groups -OCH3 is 1. The summed E-state index contributed by atoms with van der Waals surface area (Å²) >= 11 is 7.41. The summed E-state index contributed by atoms with van der Waals surface area (Å²) in [4.78, 5) is 16.1. The maximum atomic E-state index is 11.6. The molecule has 1 aromatic carbocycles. The molecule has 2 aromatic rings. The average molecular weight is 313 g/mol. The topological polar surface area (TPSA) is 44.1 Å². The molecule has 0 aliphatic rings. The molecule has 0 bridgehead atoms. The first-order valence-electron chi connectivity index (χ1n) is 6.47. The quantitative estimate of drug-likeness (QED) is 0.623. The Morgan fingerprint density at radius 2 is 2.30 bits per heavy atom. The third-order valence-electron chi connectivity index (χ3n) is 2.94. The number of hydrogen-bond acceptors (Lipinski definition) is 4. The van der Waals surface area contributed by atoms with Crippen LogP contribution in [0.1, 0.15) is 20.3 Å². The second-order valence-corrected chi connectivity index (χ2v) is 6.21. The minimum atomic E-state index is -0.289. The second kappa shape index (κ2) is 6.50. The molecule has 20 heavy (non-hydrogen) atoms. The van der Waals surface area contributed by atoms with Gasteiger partial charge in [0, 0.05) is 11.6 Å². The van der Waals surface area contributed by atoms with Gasteiger partial charge in [0.05, 0.1) is 18.1 Å². The third-order valence-corrected chi connectivity index (χ3v) is 4.24. The fraction of sp³-hybridized carbons (Fsp3) is 0.429. The first-order chi connectivity index (χ1) is 9.56. The average Bonchev–Trinajstić information content (AvgIpc) is 2.75. The summed E-state index contributed by atoms with van der Waals surface area (Å²) < 4.78 is 6.88. The van der Waals surface area contributed by atoms with Crippen molar-refractivity contribution in [1.82, 2.24) is 9.55 Å². The molecule has 4 nitrogen and oxygen atoms in total. The standard InChI is InChI=1S/C14H17ClN2O2S/c1-4-7-17-12-6-5-10(15)8-11(12)16-14(17)20-9(2)13(18)19-3/h5-6,8-9H,4,7H2,1-3H3. The van der Waals surface area contributed by atoms with Gasteiger partial charge < -0.3 is 9.30 Å². The molecule has 1 aromatic heterocycles. The minimum Gasteiger partial charge on any atom is -0.468 e. The van der Waals surface area contributed by atoms with Crippen LogP contribution in [0.5, 0.6) is 0 Å². The van der Waals surface area contributed by atoms with E-state index in [4.69, 9.17) is 16.3 Å². The highest BCUT2D eigenvalue weighted by Crippen LogP contribution is 2.29. The second-order valence-electron chi connectivity index (χ2n) is 4.46. The van der Waals surface area contributed by atoms with Gasteiger partial charge in [-0.2, -0.15) is 0 Å². The van der Waals surface area contributed by atoms with E-state index in [1.807, 2.05) is 25.1 Å². The molecule has 0 amide bonds. The van der Waals surface area contributed by atoms with Gasteiger partial charge in [-0.3, -0.25) is 4.79 Å². The Bertz CT molecular complexity index is 627. The van der Waals surface area contributed by atoms with Gasteiger partial charge in [-0.25, -0.2) is 4.98 Å². The number of aryl methyl sites for hydroxylation is 1. The maximum Gasteiger partial charge on any atom is 0.318 e. The number of halogens is 1. The third kappa shape index (κ3) is 3.10. The Kier molecular flexibility index (Phi) is 4.94. The van der Waals surface area contributed by atoms with Gasteiger partial charge in [0.1, 0.15) is 5.25 Å². The molecule has 0 spiro atoms. The molecule has 1 atom stereocenters. The number of imidazole rings is 1. The number of nitrogens with zero attached hydrogens (tertiary/aromatic N) is 2. The SMILES string of the molecule is CCCn1c(SC(C)C(=O)OC)nc2cc(Cl)ccc21. The number of benzene rings is 1. The van der Waals surface area contributed by atoms with Crippen molar-refractivity contribution >= 4 is 40.4 Å². The van der Waals surface area contributed by atoms with Gasteiger partial charge in [0.2, 0.25) is 0 Å². The number of carbonyl (C=O) groups is 1. The van der Waals surface area contributed by atoms with Crippen LogP contribution < -0.4 is 0 Å². The van der Waals surface area contributed by atoms with Crippen LogP contribution in [-0.4, -0.2) is 27.9 Å². The van der Waals surface area contributed by atoms with E-state index in [0.29, 0.717) is 5.02 Å². The van der Waals surface area contributed by atoms with E-state index in [1.165, 1.54) is 18.9 Å². The van der Waals surface area contributed by atoms with Crippen LogP contribution in [0.2, 0.25) is 5.02 Å². The van der Waals surface area contributed by atoms with Gasteiger partial charge in [0.25, 0.3) is 0 Å². The van der Waals surface area contributed by atoms with Gasteiger partial charge in [-0.1, -0.05) is 30.3 Å². The summed E-state index contributed by atoms with van der Waals surface area (Å²) in [7, 11) is 1.40. The monoisotopic (exact) mass is 312 g/mol. The molecule has 0 aliphatic carbocycles. The molecule has 6 heteroatoms. The number of rotatable bonds is 5. The minimum absolute atomic E-state index is 0.247. The summed E-state index contributed by atoms with van der Waals surface area (Å²) in [6.45, 7) is 4.79. The van der Waals surface area contributed by atoms with Gasteiger partial charge in [-0.15, -0.1) is 0 Å². The fourth-order valence-corrected chi connectivity index (χ4v) is 3.13. The summed E-state index contributed by atoms with van der Waals surface area (Å²) in [6, 6.07) is 5.67. The van der Waals surface area contributed by atoms with E-state index in [-0.39, 0.29) is 11.2 Å². The predicted octanol–water partition coefficient (Wildman–Crippen LogP) is 3.75. The largest absolute Gasteiger partial charge is 0.468 e. The van der Waals surface area contributed by atoms with Crippen LogP contribution in [0.15, 0.2) is 23.4 Å². The number of carbonyl (C=O) groups excluding carboxylic acids is 1. The van der Waals surface area contributed by atoms with Crippen molar-refractivity contribution in [3.63, 3.8) is 0 Å². The van der Waals surface area contributed by atoms with E-state index in [0.717, 1.165) is 29.2 Å². The molecule has 0 N–H and O–H groups in total. The smallest absolute Gasteiger partial charge is 0.318 e. The van der Waals surface area contributed by atoms with Crippen LogP contribution in [0, 0.1) is 0 Å². The molecular formula is C14H17ClN2O2S. The van der Waals surface area contributed by atoms with Crippen LogP contribution >= 0.6 is 23.4 Å². The highest BCUT2D eigenvalue weighted by molar-refractivity contribution is 8.00. The van der Waals surface area contributed by atoms with Gasteiger partial charge in [0.15, 0.2) is 5.16 Å². The molecule has 2 rings (SSSR count). The Labute approximate surface area is 127 Å². The zero-order chi connectivity index (χ0) is 14.7. The van der Waals surface area contributed by atoms with Crippen molar-refractivity contribution in [2.24, 2.45) is 0 Å². The first-order valence-corrected chi connectivity index (χ1v) is 7.72. The Morgan fingerprint density at radius 3 is 2.95 bits per heavy atom. The van der Waals surface area contributed by atoms with Crippen molar-refractivity contribution in [3.8, 4) is 0 Å². The lowest BCUT2D eigenvalue weighted by molar-refractivity contribution is -0.139. The predicted molar refractivity (Wildman–Crippen MR) is 82.4 cm³/mol. The van der Waals surface area contributed by atoms with Crippen LogP contribution in [-0.2, 0) is 16.1 Å². The van der Waals surface area contributed by atoms with E-state index in [2.05, 4.69) is 16.5 Å². The lowest BCUT2D eigenvalue weighted by atomic mass is 10.3. The van der Waals surface area contributed by atoms with Crippen molar-refractivity contribution < 1.29 is 9.53 Å². The molecular weight excluding hydrogens is 296 g/mol. The summed E-state index contributed by atoms with van der Waals surface area (Å²) in [5.41, 5.74) is 1.89. The molecule has 108 valence electrons. The number of ether oxygens (including phenoxy) is 1. The first kappa shape index (κ1) is 15.2. The molecule has 0 radical (unpaired) electrons. The van der Waals surface area contributed by atoms with Crippen LogP contribution in [0.4, 0.5) is 0 Å². The molecule has 1 unspecified atom stereocenters. The Hall–Kier alpha value is -1.20. The maximum absolute atomic E-state index is 11.6. The highest BCUT2D eigenvalue weighted by atomic mass is 35.5. The van der Waals surface area contributed by atoms with E-state index >= 15 is 0 Å². The molecule has 0 aliphatic heterocycles. The summed E-state index contributed by atoms with van der Waals surface area (Å²) in [5, 5.41) is 1.20. The molecule has 0 saturated heterocycles. The zero-order valence-electron chi connectivity index (χ0n) is 11.7. The van der Waals surface area contributed by atoms with E-state index in [9.17, 15) is 4.79 Å². The highest BCUT2D eigenvalue weighted by Gasteiger charge is 2.19. The van der Waals surface area contributed by atoms with Crippen molar-refractivity contribution in [3.05, 3.63) is 23.2 Å². The number of thioether (sulfide) groups is 1. The Morgan fingerprint density at radius 1 is 1.55 bits per heavy atom. The van der Waals surface area contributed by atoms with Gasteiger partial charge >= 0.3 is 5.97 Å². The Balaban J connectivity index is 2.40. The lowest BCUT2D eigenvalue weighted by Crippen LogP contribution is -2.15. The van der Waals surface area contributed by atoms with Crippen molar-refractivity contribution in [2.75, 3.05) is 7.11 Å².